The van der Waals surface area contributed by atoms with Crippen LogP contribution in [0.4, 0.5) is 4.79 Å². The van der Waals surface area contributed by atoms with Crippen molar-refractivity contribution in [2.24, 2.45) is 11.3 Å². The topological polar surface area (TPSA) is 41.6 Å². The SMILES string of the molecule is CCC1(CNC(C)C2CCCN(C(=O)OC(C)(C)C)C2)CCCC1. The van der Waals surface area contributed by atoms with Crippen molar-refractivity contribution in [1.82, 2.24) is 10.2 Å². The first-order chi connectivity index (χ1) is 11.2. The largest absolute Gasteiger partial charge is 0.444 e. The van der Waals surface area contributed by atoms with Crippen molar-refractivity contribution < 1.29 is 9.53 Å². The highest BCUT2D eigenvalue weighted by Gasteiger charge is 2.34. The Morgan fingerprint density at radius 2 is 1.96 bits per heavy atom. The minimum absolute atomic E-state index is 0.153. The van der Waals surface area contributed by atoms with Crippen molar-refractivity contribution in [2.75, 3.05) is 19.6 Å². The Morgan fingerprint density at radius 3 is 2.54 bits per heavy atom. The Bertz CT molecular complexity index is 410. The lowest BCUT2D eigenvalue weighted by Gasteiger charge is -2.38. The average molecular weight is 339 g/mol. The third-order valence-electron chi connectivity index (χ3n) is 6.03. The van der Waals surface area contributed by atoms with Gasteiger partial charge in [0.05, 0.1) is 0 Å². The van der Waals surface area contributed by atoms with Gasteiger partial charge in [0.15, 0.2) is 0 Å². The van der Waals surface area contributed by atoms with Gasteiger partial charge in [-0.05, 0) is 71.1 Å². The summed E-state index contributed by atoms with van der Waals surface area (Å²) in [5.74, 6) is 0.529. The van der Waals surface area contributed by atoms with Gasteiger partial charge < -0.3 is 15.0 Å². The van der Waals surface area contributed by atoms with Gasteiger partial charge in [0.25, 0.3) is 0 Å². The summed E-state index contributed by atoms with van der Waals surface area (Å²) in [7, 11) is 0. The van der Waals surface area contributed by atoms with E-state index in [4.69, 9.17) is 4.74 Å². The van der Waals surface area contributed by atoms with Crippen LogP contribution in [0.2, 0.25) is 0 Å². The molecule has 0 bridgehead atoms. The van der Waals surface area contributed by atoms with Crippen LogP contribution in [0.1, 0.15) is 79.6 Å². The molecule has 2 atom stereocenters. The van der Waals surface area contributed by atoms with Crippen LogP contribution in [0, 0.1) is 11.3 Å². The van der Waals surface area contributed by atoms with Crippen molar-refractivity contribution in [3.05, 3.63) is 0 Å². The Kier molecular flexibility index (Phi) is 6.58. The van der Waals surface area contributed by atoms with Gasteiger partial charge in [0.2, 0.25) is 0 Å². The van der Waals surface area contributed by atoms with E-state index in [1.807, 2.05) is 25.7 Å². The summed E-state index contributed by atoms with van der Waals surface area (Å²) >= 11 is 0. The van der Waals surface area contributed by atoms with Crippen LogP contribution in [0.3, 0.4) is 0 Å². The standard InChI is InChI=1S/C20H38N2O2/c1-6-20(11-7-8-12-20)15-21-16(2)17-10-9-13-22(14-17)18(23)24-19(3,4)5/h16-17,21H,6-15H2,1-5H3. The van der Waals surface area contributed by atoms with E-state index in [-0.39, 0.29) is 6.09 Å². The summed E-state index contributed by atoms with van der Waals surface area (Å²) in [6.07, 6.45) is 8.93. The van der Waals surface area contributed by atoms with Gasteiger partial charge in [0, 0.05) is 25.7 Å². The molecule has 0 radical (unpaired) electrons. The summed E-state index contributed by atoms with van der Waals surface area (Å²) in [6.45, 7) is 13.2. The number of rotatable bonds is 5. The van der Waals surface area contributed by atoms with Gasteiger partial charge >= 0.3 is 6.09 Å². The molecule has 1 aliphatic carbocycles. The molecule has 2 fully saturated rings. The number of nitrogens with zero attached hydrogens (tertiary/aromatic N) is 1. The van der Waals surface area contributed by atoms with Gasteiger partial charge in [-0.15, -0.1) is 0 Å². The van der Waals surface area contributed by atoms with Crippen LogP contribution in [0.25, 0.3) is 0 Å². The molecule has 2 rings (SSSR count). The number of piperidine rings is 1. The molecule has 4 heteroatoms. The second-order valence-corrected chi connectivity index (χ2v) is 9.06. The molecule has 4 nitrogen and oxygen atoms in total. The summed E-state index contributed by atoms with van der Waals surface area (Å²) in [5.41, 5.74) is 0.109. The van der Waals surface area contributed by atoms with E-state index in [0.717, 1.165) is 26.1 Å². The smallest absolute Gasteiger partial charge is 0.410 e. The van der Waals surface area contributed by atoms with Crippen molar-refractivity contribution in [3.63, 3.8) is 0 Å². The van der Waals surface area contributed by atoms with E-state index in [1.165, 1.54) is 38.5 Å². The molecule has 24 heavy (non-hydrogen) atoms. The van der Waals surface area contributed by atoms with E-state index >= 15 is 0 Å². The first-order valence-corrected chi connectivity index (χ1v) is 9.96. The van der Waals surface area contributed by atoms with E-state index in [1.54, 1.807) is 0 Å². The lowest BCUT2D eigenvalue weighted by molar-refractivity contribution is 0.0145. The van der Waals surface area contributed by atoms with Crippen molar-refractivity contribution in [2.45, 2.75) is 91.2 Å². The highest BCUT2D eigenvalue weighted by atomic mass is 16.6. The van der Waals surface area contributed by atoms with Gasteiger partial charge in [-0.3, -0.25) is 0 Å². The van der Waals surface area contributed by atoms with Crippen LogP contribution < -0.4 is 5.32 Å². The van der Waals surface area contributed by atoms with Crippen LogP contribution in [-0.4, -0.2) is 42.3 Å². The molecule has 1 heterocycles. The number of likely N-dealkylation sites (tertiary alicyclic amines) is 1. The summed E-state index contributed by atoms with van der Waals surface area (Å²) in [5, 5.41) is 3.81. The monoisotopic (exact) mass is 338 g/mol. The molecule has 0 aromatic heterocycles. The van der Waals surface area contributed by atoms with E-state index in [9.17, 15) is 4.79 Å². The Morgan fingerprint density at radius 1 is 1.29 bits per heavy atom. The van der Waals surface area contributed by atoms with Gasteiger partial charge in [-0.2, -0.15) is 0 Å². The molecule has 0 spiro atoms. The minimum atomic E-state index is -0.413. The number of ether oxygens (including phenoxy) is 1. The Hall–Kier alpha value is -0.770. The quantitative estimate of drug-likeness (QED) is 0.797. The molecule has 1 amide bonds. The third-order valence-corrected chi connectivity index (χ3v) is 6.03. The highest BCUT2D eigenvalue weighted by molar-refractivity contribution is 5.68. The van der Waals surface area contributed by atoms with Crippen LogP contribution in [0.15, 0.2) is 0 Å². The summed E-state index contributed by atoms with van der Waals surface area (Å²) < 4.78 is 5.55. The second-order valence-electron chi connectivity index (χ2n) is 9.06. The lowest BCUT2D eigenvalue weighted by atomic mass is 9.82. The van der Waals surface area contributed by atoms with Gasteiger partial charge in [0.1, 0.15) is 5.60 Å². The molecule has 0 aromatic rings. The van der Waals surface area contributed by atoms with Crippen LogP contribution in [0.5, 0.6) is 0 Å². The predicted octanol–water partition coefficient (Wildman–Crippen LogP) is 4.58. The maximum atomic E-state index is 12.3. The van der Waals surface area contributed by atoms with Crippen molar-refractivity contribution in [3.8, 4) is 0 Å². The van der Waals surface area contributed by atoms with Gasteiger partial charge in [-0.1, -0.05) is 19.8 Å². The predicted molar refractivity (Wildman–Crippen MR) is 99.2 cm³/mol. The van der Waals surface area contributed by atoms with E-state index < -0.39 is 5.60 Å². The highest BCUT2D eigenvalue weighted by Crippen LogP contribution is 2.40. The number of amides is 1. The molecule has 2 aliphatic rings. The fourth-order valence-corrected chi connectivity index (χ4v) is 4.23. The van der Waals surface area contributed by atoms with Crippen molar-refractivity contribution >= 4 is 6.09 Å². The minimum Gasteiger partial charge on any atom is -0.444 e. The molecule has 140 valence electrons. The zero-order chi connectivity index (χ0) is 17.8. The first kappa shape index (κ1) is 19.6. The molecule has 0 aromatic carbocycles. The summed E-state index contributed by atoms with van der Waals surface area (Å²) in [4.78, 5) is 14.2. The Balaban J connectivity index is 1.83. The maximum absolute atomic E-state index is 12.3. The van der Waals surface area contributed by atoms with Crippen LogP contribution >= 0.6 is 0 Å². The van der Waals surface area contributed by atoms with Crippen LogP contribution in [-0.2, 0) is 4.74 Å². The zero-order valence-corrected chi connectivity index (χ0v) is 16.5. The fourth-order valence-electron chi connectivity index (χ4n) is 4.23. The lowest BCUT2D eigenvalue weighted by Crippen LogP contribution is -2.49. The van der Waals surface area contributed by atoms with Gasteiger partial charge in [-0.25, -0.2) is 4.79 Å². The molecule has 1 N–H and O–H groups in total. The molecular weight excluding hydrogens is 300 g/mol. The third kappa shape index (κ3) is 5.37. The normalized spacial score (nSPS) is 25.5. The molecule has 1 saturated carbocycles. The first-order valence-electron chi connectivity index (χ1n) is 9.96. The number of hydrogen-bond donors (Lipinski definition) is 1. The zero-order valence-electron chi connectivity index (χ0n) is 16.5. The molecule has 1 saturated heterocycles. The molecule has 1 aliphatic heterocycles. The number of carbonyl (C=O) groups excluding carboxylic acids is 1. The van der Waals surface area contributed by atoms with E-state index in [0.29, 0.717) is 17.4 Å². The number of carbonyl (C=O) groups is 1. The number of nitrogens with one attached hydrogen (secondary N) is 1. The maximum Gasteiger partial charge on any atom is 0.410 e. The number of hydrogen-bond acceptors (Lipinski definition) is 3. The second kappa shape index (κ2) is 8.07. The Labute approximate surface area is 148 Å². The molecular formula is C20H38N2O2. The van der Waals surface area contributed by atoms with E-state index in [2.05, 4.69) is 19.2 Å². The average Bonchev–Trinajstić information content (AvgIpc) is 3.00. The summed E-state index contributed by atoms with van der Waals surface area (Å²) in [6, 6.07) is 0.458. The fraction of sp³-hybridized carbons (Fsp3) is 0.950. The molecule has 2 unspecified atom stereocenters. The van der Waals surface area contributed by atoms with Crippen molar-refractivity contribution in [1.29, 1.82) is 0 Å².